The van der Waals surface area contributed by atoms with Crippen molar-refractivity contribution in [1.29, 1.82) is 5.26 Å². The van der Waals surface area contributed by atoms with E-state index in [2.05, 4.69) is 23.6 Å². The summed E-state index contributed by atoms with van der Waals surface area (Å²) in [5.41, 5.74) is 1.50. The second-order valence-corrected chi connectivity index (χ2v) is 5.29. The van der Waals surface area contributed by atoms with E-state index in [4.69, 9.17) is 16.9 Å². The molecule has 1 fully saturated rings. The highest BCUT2D eigenvalue weighted by Crippen LogP contribution is 2.24. The lowest BCUT2D eigenvalue weighted by Crippen LogP contribution is -2.29. The van der Waals surface area contributed by atoms with E-state index in [0.29, 0.717) is 22.7 Å². The number of halogens is 1. The predicted octanol–water partition coefficient (Wildman–Crippen LogP) is 3.15. The second kappa shape index (κ2) is 6.08. The molecule has 0 aromatic heterocycles. The molecule has 1 aromatic rings. The van der Waals surface area contributed by atoms with Gasteiger partial charge in [-0.05, 0) is 50.9 Å². The van der Waals surface area contributed by atoms with Crippen LogP contribution in [0.3, 0.4) is 0 Å². The lowest BCUT2D eigenvalue weighted by atomic mass is 10.1. The maximum Gasteiger partial charge on any atom is 0.0992 e. The summed E-state index contributed by atoms with van der Waals surface area (Å²) in [6.07, 6.45) is 3.62. The van der Waals surface area contributed by atoms with Crippen molar-refractivity contribution < 1.29 is 0 Å². The van der Waals surface area contributed by atoms with Crippen molar-refractivity contribution in [3.63, 3.8) is 0 Å². The van der Waals surface area contributed by atoms with Gasteiger partial charge in [-0.2, -0.15) is 5.26 Å². The first-order valence-electron chi connectivity index (χ1n) is 6.38. The van der Waals surface area contributed by atoms with Gasteiger partial charge in [-0.3, -0.25) is 0 Å². The molecular weight excluding hydrogens is 246 g/mol. The monoisotopic (exact) mass is 263 g/mol. The number of rotatable bonds is 4. The average Bonchev–Trinajstić information content (AvgIpc) is 2.84. The molecule has 2 atom stereocenters. The summed E-state index contributed by atoms with van der Waals surface area (Å²) < 4.78 is 0. The molecule has 0 aliphatic carbocycles. The highest BCUT2D eigenvalue weighted by molar-refractivity contribution is 6.33. The molecule has 0 amide bonds. The van der Waals surface area contributed by atoms with Gasteiger partial charge in [-0.1, -0.05) is 11.6 Å². The van der Waals surface area contributed by atoms with E-state index in [-0.39, 0.29) is 0 Å². The largest absolute Gasteiger partial charge is 0.381 e. The van der Waals surface area contributed by atoms with Crippen LogP contribution in [0.1, 0.15) is 31.7 Å². The van der Waals surface area contributed by atoms with Gasteiger partial charge in [0.1, 0.15) is 0 Å². The number of hydrogen-bond donors (Lipinski definition) is 2. The van der Waals surface area contributed by atoms with Crippen LogP contribution in [0.25, 0.3) is 0 Å². The highest BCUT2D eigenvalue weighted by atomic mass is 35.5. The van der Waals surface area contributed by atoms with Crippen molar-refractivity contribution in [2.45, 2.75) is 38.3 Å². The maximum atomic E-state index is 8.79. The van der Waals surface area contributed by atoms with Gasteiger partial charge in [-0.25, -0.2) is 0 Å². The maximum absolute atomic E-state index is 8.79. The molecule has 0 radical (unpaired) electrons. The van der Waals surface area contributed by atoms with E-state index in [9.17, 15) is 0 Å². The Labute approximate surface area is 113 Å². The molecule has 0 spiro atoms. The Hall–Kier alpha value is -1.24. The Morgan fingerprint density at radius 2 is 2.44 bits per heavy atom. The Bertz CT molecular complexity index is 447. The predicted molar refractivity (Wildman–Crippen MR) is 74.9 cm³/mol. The minimum Gasteiger partial charge on any atom is -0.381 e. The number of hydrogen-bond acceptors (Lipinski definition) is 3. The first kappa shape index (κ1) is 13.2. The van der Waals surface area contributed by atoms with E-state index < -0.39 is 0 Å². The van der Waals surface area contributed by atoms with Gasteiger partial charge in [0, 0.05) is 12.1 Å². The van der Waals surface area contributed by atoms with Crippen molar-refractivity contribution in [1.82, 2.24) is 5.32 Å². The van der Waals surface area contributed by atoms with Crippen LogP contribution in [0, 0.1) is 11.3 Å². The molecule has 18 heavy (non-hydrogen) atoms. The van der Waals surface area contributed by atoms with Crippen LogP contribution in [0.4, 0.5) is 5.69 Å². The molecule has 3 nitrogen and oxygen atoms in total. The molecule has 0 bridgehead atoms. The number of anilines is 1. The smallest absolute Gasteiger partial charge is 0.0992 e. The van der Waals surface area contributed by atoms with Gasteiger partial charge in [0.05, 0.1) is 22.3 Å². The molecule has 1 aliphatic heterocycles. The fourth-order valence-electron chi connectivity index (χ4n) is 2.41. The summed E-state index contributed by atoms with van der Waals surface area (Å²) in [6, 6.07) is 8.43. The lowest BCUT2D eigenvalue weighted by Gasteiger charge is -2.20. The quantitative estimate of drug-likeness (QED) is 0.877. The Kier molecular flexibility index (Phi) is 4.46. The molecule has 4 heteroatoms. The molecule has 2 N–H and O–H groups in total. The van der Waals surface area contributed by atoms with E-state index in [1.54, 1.807) is 12.1 Å². The molecule has 1 heterocycles. The number of nitrogens with zero attached hydrogens (tertiary/aromatic N) is 1. The van der Waals surface area contributed by atoms with Crippen LogP contribution in [0.5, 0.6) is 0 Å². The minimum absolute atomic E-state index is 0.367. The lowest BCUT2D eigenvalue weighted by molar-refractivity contribution is 0.523. The Morgan fingerprint density at radius 1 is 1.61 bits per heavy atom. The second-order valence-electron chi connectivity index (χ2n) is 4.88. The normalized spacial score (nSPS) is 20.4. The minimum atomic E-state index is 0.367. The molecular formula is C14H18ClN3. The zero-order valence-corrected chi connectivity index (χ0v) is 11.3. The summed E-state index contributed by atoms with van der Waals surface area (Å²) in [4.78, 5) is 0. The highest BCUT2D eigenvalue weighted by Gasteiger charge is 2.17. The summed E-state index contributed by atoms with van der Waals surface area (Å²) in [7, 11) is 0. The van der Waals surface area contributed by atoms with Gasteiger partial charge in [-0.15, -0.1) is 0 Å². The van der Waals surface area contributed by atoms with Crippen LogP contribution >= 0.6 is 11.6 Å². The SMILES string of the molecule is CC(CC1CCCN1)Nc1ccc(C#N)cc1Cl. The van der Waals surface area contributed by atoms with E-state index >= 15 is 0 Å². The zero-order valence-electron chi connectivity index (χ0n) is 10.5. The van der Waals surface area contributed by atoms with E-state index in [0.717, 1.165) is 18.7 Å². The van der Waals surface area contributed by atoms with Crippen LogP contribution < -0.4 is 10.6 Å². The molecule has 1 saturated heterocycles. The van der Waals surface area contributed by atoms with Crippen LogP contribution in [-0.2, 0) is 0 Å². The van der Waals surface area contributed by atoms with E-state index in [1.165, 1.54) is 12.8 Å². The summed E-state index contributed by atoms with van der Waals surface area (Å²) in [5, 5.41) is 16.3. The van der Waals surface area contributed by atoms with Crippen molar-refractivity contribution in [2.75, 3.05) is 11.9 Å². The standard InChI is InChI=1S/C14H18ClN3/c1-10(7-12-3-2-6-17-12)18-14-5-4-11(9-16)8-13(14)15/h4-5,8,10,12,17-18H,2-3,6-7H2,1H3. The Morgan fingerprint density at radius 3 is 3.06 bits per heavy atom. The van der Waals surface area contributed by atoms with Gasteiger partial charge >= 0.3 is 0 Å². The molecule has 0 saturated carbocycles. The summed E-state index contributed by atoms with van der Waals surface area (Å²) >= 11 is 6.14. The van der Waals surface area contributed by atoms with Gasteiger partial charge < -0.3 is 10.6 Å². The first-order chi connectivity index (χ1) is 8.69. The van der Waals surface area contributed by atoms with Crippen molar-refractivity contribution >= 4 is 17.3 Å². The number of benzene rings is 1. The average molecular weight is 264 g/mol. The third-order valence-corrected chi connectivity index (χ3v) is 3.61. The summed E-state index contributed by atoms with van der Waals surface area (Å²) in [5.74, 6) is 0. The van der Waals surface area contributed by atoms with Gasteiger partial charge in [0.25, 0.3) is 0 Å². The molecule has 2 rings (SSSR count). The topological polar surface area (TPSA) is 47.8 Å². The van der Waals surface area contributed by atoms with Crippen molar-refractivity contribution in [3.05, 3.63) is 28.8 Å². The third-order valence-electron chi connectivity index (χ3n) is 3.30. The van der Waals surface area contributed by atoms with Crippen molar-refractivity contribution in [2.24, 2.45) is 0 Å². The number of nitriles is 1. The van der Waals surface area contributed by atoms with Gasteiger partial charge in [0.2, 0.25) is 0 Å². The molecule has 1 aliphatic rings. The fourth-order valence-corrected chi connectivity index (χ4v) is 2.65. The molecule has 1 aromatic carbocycles. The van der Waals surface area contributed by atoms with Gasteiger partial charge in [0.15, 0.2) is 0 Å². The third kappa shape index (κ3) is 3.38. The van der Waals surface area contributed by atoms with Crippen LogP contribution in [0.2, 0.25) is 5.02 Å². The van der Waals surface area contributed by atoms with Crippen molar-refractivity contribution in [3.8, 4) is 6.07 Å². The molecule has 96 valence electrons. The Balaban J connectivity index is 1.94. The van der Waals surface area contributed by atoms with Crippen LogP contribution in [0.15, 0.2) is 18.2 Å². The summed E-state index contributed by atoms with van der Waals surface area (Å²) in [6.45, 7) is 3.30. The zero-order chi connectivity index (χ0) is 13.0. The first-order valence-corrected chi connectivity index (χ1v) is 6.76. The fraction of sp³-hybridized carbons (Fsp3) is 0.500. The van der Waals surface area contributed by atoms with E-state index in [1.807, 2.05) is 6.07 Å². The van der Waals surface area contributed by atoms with Crippen LogP contribution in [-0.4, -0.2) is 18.6 Å². The molecule has 2 unspecified atom stereocenters. The number of nitrogens with one attached hydrogen (secondary N) is 2.